The summed E-state index contributed by atoms with van der Waals surface area (Å²) in [6.45, 7) is 0. The molecule has 1 saturated carbocycles. The van der Waals surface area contributed by atoms with Gasteiger partial charge in [-0.3, -0.25) is 14.9 Å². The zero-order valence-electron chi connectivity index (χ0n) is 13.2. The molecule has 1 saturated heterocycles. The number of rotatable bonds is 4. The van der Waals surface area contributed by atoms with Gasteiger partial charge in [0.2, 0.25) is 0 Å². The van der Waals surface area contributed by atoms with E-state index in [1.807, 2.05) is 25.1 Å². The van der Waals surface area contributed by atoms with Crippen LogP contribution in [0.1, 0.15) is 18.4 Å². The lowest BCUT2D eigenvalue weighted by molar-refractivity contribution is -0.115. The third-order valence-electron chi connectivity index (χ3n) is 3.80. The molecule has 2 aliphatic rings. The fourth-order valence-corrected chi connectivity index (χ4v) is 3.07. The summed E-state index contributed by atoms with van der Waals surface area (Å²) in [4.78, 5) is 30.0. The van der Waals surface area contributed by atoms with Crippen molar-refractivity contribution < 1.29 is 9.59 Å². The molecule has 2 fully saturated rings. The summed E-state index contributed by atoms with van der Waals surface area (Å²) in [6, 6.07) is 2.43. The van der Waals surface area contributed by atoms with E-state index in [-0.39, 0.29) is 11.1 Å². The van der Waals surface area contributed by atoms with E-state index >= 15 is 0 Å². The number of carbonyl (C=O) groups excluding carboxylic acids is 2. The molecule has 24 heavy (non-hydrogen) atoms. The van der Waals surface area contributed by atoms with Crippen molar-refractivity contribution in [2.75, 3.05) is 24.3 Å². The van der Waals surface area contributed by atoms with Crippen LogP contribution in [0.4, 0.5) is 16.4 Å². The molecular weight excluding hydrogens is 328 g/mol. The van der Waals surface area contributed by atoms with Crippen molar-refractivity contribution in [3.05, 3.63) is 22.7 Å². The molecule has 0 aromatic carbocycles. The number of nitrogens with one attached hydrogen (secondary N) is 2. The number of thioether (sulfide) groups is 1. The van der Waals surface area contributed by atoms with Gasteiger partial charge in [0.1, 0.15) is 11.6 Å². The Kier molecular flexibility index (Phi) is 3.45. The van der Waals surface area contributed by atoms with Crippen LogP contribution in [0.3, 0.4) is 0 Å². The van der Waals surface area contributed by atoms with E-state index in [0.717, 1.165) is 36.2 Å². The number of hydrogen-bond donors (Lipinski definition) is 2. The van der Waals surface area contributed by atoms with E-state index in [1.165, 1.54) is 0 Å². The standard InChI is InChI=1S/C15H16N6O2S/c1-20(2)11-6-12(17-9-3-4-9)21-13(18-11)8(7-16-21)5-10-14(22)19-15(23)24-10/h5-7,9,17H,3-4H2,1-2H3,(H,19,22,23)/b10-5-. The fraction of sp³-hybridized carbons (Fsp3) is 0.333. The maximum atomic E-state index is 11.8. The van der Waals surface area contributed by atoms with E-state index in [1.54, 1.807) is 16.8 Å². The molecule has 1 aliphatic carbocycles. The Labute approximate surface area is 142 Å². The van der Waals surface area contributed by atoms with Crippen LogP contribution in [0.2, 0.25) is 0 Å². The lowest BCUT2D eigenvalue weighted by Gasteiger charge is -2.15. The van der Waals surface area contributed by atoms with Gasteiger partial charge in [0, 0.05) is 31.8 Å². The largest absolute Gasteiger partial charge is 0.367 e. The van der Waals surface area contributed by atoms with Gasteiger partial charge in [0.25, 0.3) is 11.1 Å². The van der Waals surface area contributed by atoms with Crippen LogP contribution in [0.25, 0.3) is 11.7 Å². The maximum absolute atomic E-state index is 11.8. The lowest BCUT2D eigenvalue weighted by Crippen LogP contribution is -2.17. The summed E-state index contributed by atoms with van der Waals surface area (Å²) < 4.78 is 1.73. The second kappa shape index (κ2) is 5.52. The number of carbonyl (C=O) groups is 2. The van der Waals surface area contributed by atoms with Crippen molar-refractivity contribution in [2.24, 2.45) is 0 Å². The maximum Gasteiger partial charge on any atom is 0.290 e. The van der Waals surface area contributed by atoms with Gasteiger partial charge in [-0.15, -0.1) is 0 Å². The molecule has 124 valence electrons. The summed E-state index contributed by atoms with van der Waals surface area (Å²) in [5, 5.41) is 9.73. The van der Waals surface area contributed by atoms with E-state index in [2.05, 4.69) is 20.7 Å². The first kappa shape index (κ1) is 15.0. The minimum Gasteiger partial charge on any atom is -0.367 e. The molecule has 2 amide bonds. The Morgan fingerprint density at radius 3 is 2.83 bits per heavy atom. The molecule has 8 nitrogen and oxygen atoms in total. The van der Waals surface area contributed by atoms with Crippen LogP contribution >= 0.6 is 11.8 Å². The third-order valence-corrected chi connectivity index (χ3v) is 4.61. The highest BCUT2D eigenvalue weighted by Crippen LogP contribution is 2.30. The Bertz CT molecular complexity index is 883. The van der Waals surface area contributed by atoms with Crippen molar-refractivity contribution in [3.8, 4) is 0 Å². The zero-order valence-corrected chi connectivity index (χ0v) is 14.1. The summed E-state index contributed by atoms with van der Waals surface area (Å²) in [6.07, 6.45) is 5.61. The normalized spacial score (nSPS) is 19.2. The summed E-state index contributed by atoms with van der Waals surface area (Å²) >= 11 is 0.886. The average Bonchev–Trinajstić information content (AvgIpc) is 3.16. The number of nitrogens with zero attached hydrogens (tertiary/aromatic N) is 4. The van der Waals surface area contributed by atoms with Gasteiger partial charge in [-0.25, -0.2) is 4.98 Å². The van der Waals surface area contributed by atoms with E-state index in [0.29, 0.717) is 22.2 Å². The quantitative estimate of drug-likeness (QED) is 0.816. The monoisotopic (exact) mass is 344 g/mol. The summed E-state index contributed by atoms with van der Waals surface area (Å²) in [5.41, 5.74) is 1.34. The van der Waals surface area contributed by atoms with Gasteiger partial charge in [-0.2, -0.15) is 9.61 Å². The van der Waals surface area contributed by atoms with Gasteiger partial charge < -0.3 is 10.2 Å². The van der Waals surface area contributed by atoms with E-state index < -0.39 is 0 Å². The predicted molar refractivity (Wildman–Crippen MR) is 93.1 cm³/mol. The molecule has 3 heterocycles. The first-order chi connectivity index (χ1) is 11.5. The minimum atomic E-state index is -0.385. The number of anilines is 2. The van der Waals surface area contributed by atoms with E-state index in [9.17, 15) is 9.59 Å². The number of imide groups is 1. The van der Waals surface area contributed by atoms with Crippen molar-refractivity contribution in [1.82, 2.24) is 19.9 Å². The molecule has 2 aromatic rings. The molecule has 2 N–H and O–H groups in total. The van der Waals surface area contributed by atoms with Crippen LogP contribution in [0, 0.1) is 0 Å². The van der Waals surface area contributed by atoms with Gasteiger partial charge in [-0.1, -0.05) is 0 Å². The van der Waals surface area contributed by atoms with Crippen LogP contribution < -0.4 is 15.5 Å². The Morgan fingerprint density at radius 2 is 2.21 bits per heavy atom. The number of amides is 2. The lowest BCUT2D eigenvalue weighted by atomic mass is 10.3. The van der Waals surface area contributed by atoms with Crippen molar-refractivity contribution in [2.45, 2.75) is 18.9 Å². The van der Waals surface area contributed by atoms with Gasteiger partial charge in [0.05, 0.1) is 11.1 Å². The number of fused-ring (bicyclic) bond motifs is 1. The summed E-state index contributed by atoms with van der Waals surface area (Å²) in [5.74, 6) is 1.28. The molecule has 9 heteroatoms. The molecule has 0 atom stereocenters. The Balaban J connectivity index is 1.82. The molecular formula is C15H16N6O2S. The molecule has 0 radical (unpaired) electrons. The zero-order chi connectivity index (χ0) is 16.8. The second-order valence-electron chi connectivity index (χ2n) is 6.00. The third kappa shape index (κ3) is 2.71. The molecule has 0 unspecified atom stereocenters. The van der Waals surface area contributed by atoms with Crippen molar-refractivity contribution >= 4 is 46.3 Å². The molecule has 2 aromatic heterocycles. The molecule has 1 aliphatic heterocycles. The molecule has 4 rings (SSSR count). The van der Waals surface area contributed by atoms with Crippen LogP contribution in [0.5, 0.6) is 0 Å². The number of aromatic nitrogens is 3. The highest BCUT2D eigenvalue weighted by Gasteiger charge is 2.26. The van der Waals surface area contributed by atoms with Crippen LogP contribution in [0.15, 0.2) is 17.2 Å². The summed E-state index contributed by atoms with van der Waals surface area (Å²) in [7, 11) is 3.85. The van der Waals surface area contributed by atoms with E-state index in [4.69, 9.17) is 0 Å². The first-order valence-electron chi connectivity index (χ1n) is 7.59. The van der Waals surface area contributed by atoms with Crippen LogP contribution in [-0.2, 0) is 4.79 Å². The highest BCUT2D eigenvalue weighted by atomic mass is 32.2. The Morgan fingerprint density at radius 1 is 1.42 bits per heavy atom. The minimum absolute atomic E-state index is 0.351. The Hall–Kier alpha value is -2.55. The first-order valence-corrected chi connectivity index (χ1v) is 8.40. The second-order valence-corrected chi connectivity index (χ2v) is 7.01. The topological polar surface area (TPSA) is 91.6 Å². The fourth-order valence-electron chi connectivity index (χ4n) is 2.40. The van der Waals surface area contributed by atoms with Crippen molar-refractivity contribution in [3.63, 3.8) is 0 Å². The smallest absolute Gasteiger partial charge is 0.290 e. The van der Waals surface area contributed by atoms with Crippen molar-refractivity contribution in [1.29, 1.82) is 0 Å². The molecule has 0 bridgehead atoms. The van der Waals surface area contributed by atoms with Gasteiger partial charge in [0.15, 0.2) is 5.65 Å². The highest BCUT2D eigenvalue weighted by molar-refractivity contribution is 8.18. The van der Waals surface area contributed by atoms with Crippen LogP contribution in [-0.4, -0.2) is 45.9 Å². The van der Waals surface area contributed by atoms with Gasteiger partial charge >= 0.3 is 0 Å². The average molecular weight is 344 g/mol. The SMILES string of the molecule is CN(C)c1cc(NC2CC2)n2ncc(/C=C3\SC(=O)NC3=O)c2n1. The molecule has 0 spiro atoms. The predicted octanol–water partition coefficient (Wildman–Crippen LogP) is 1.69. The van der Waals surface area contributed by atoms with Gasteiger partial charge in [-0.05, 0) is 30.7 Å². The number of hydrogen-bond acceptors (Lipinski definition) is 7.